The molecule has 1 aliphatic heterocycles. The van der Waals surface area contributed by atoms with E-state index in [0.29, 0.717) is 0 Å². The van der Waals surface area contributed by atoms with E-state index in [1.807, 2.05) is 0 Å². The van der Waals surface area contributed by atoms with Crippen molar-refractivity contribution in [2.45, 2.75) is 19.9 Å². The van der Waals surface area contributed by atoms with Crippen LogP contribution in [-0.4, -0.2) is 23.5 Å². The van der Waals surface area contributed by atoms with Gasteiger partial charge in [0, 0.05) is 41.5 Å². The maximum atomic E-state index is 14.2. The summed E-state index contributed by atoms with van der Waals surface area (Å²) in [6, 6.07) is 1.66. The topological polar surface area (TPSA) is 19.0 Å². The molecule has 2 nitrogen and oxygen atoms in total. The minimum atomic E-state index is -0.104. The monoisotopic (exact) mass is 274 g/mol. The predicted molar refractivity (Wildman–Crippen MR) is 78.4 cm³/mol. The molecule has 3 aromatic rings. The van der Waals surface area contributed by atoms with Crippen LogP contribution in [0.25, 0.3) is 21.0 Å². The van der Waals surface area contributed by atoms with Crippen molar-refractivity contribution in [2.75, 3.05) is 13.6 Å². The van der Waals surface area contributed by atoms with Gasteiger partial charge in [-0.25, -0.2) is 4.39 Å². The molecule has 0 saturated carbocycles. The van der Waals surface area contributed by atoms with Crippen molar-refractivity contribution in [3.63, 3.8) is 0 Å². The minimum Gasteiger partial charge on any atom is -0.358 e. The van der Waals surface area contributed by atoms with E-state index in [0.717, 1.165) is 35.1 Å². The molecule has 0 amide bonds. The number of H-pyrrole nitrogens is 1. The third-order valence-corrected chi connectivity index (χ3v) is 5.21. The standard InChI is InChI=1S/C15H15FN2S/c1-8-7-19-15-10(16)5-12-14(13(8)15)9-6-18(2)4-3-11(9)17-12/h5,7,17H,3-4,6H2,1-2H3. The van der Waals surface area contributed by atoms with Crippen molar-refractivity contribution in [1.82, 2.24) is 9.88 Å². The van der Waals surface area contributed by atoms with Gasteiger partial charge in [-0.2, -0.15) is 0 Å². The normalized spacial score (nSPS) is 16.4. The maximum absolute atomic E-state index is 14.2. The summed E-state index contributed by atoms with van der Waals surface area (Å²) >= 11 is 1.51. The number of hydrogen-bond donors (Lipinski definition) is 1. The second-order valence-corrected chi connectivity index (χ2v) is 6.35. The quantitative estimate of drug-likeness (QED) is 0.660. The van der Waals surface area contributed by atoms with Crippen LogP contribution < -0.4 is 0 Å². The number of nitrogens with zero attached hydrogens (tertiary/aromatic N) is 1. The van der Waals surface area contributed by atoms with Crippen LogP contribution in [0.4, 0.5) is 4.39 Å². The van der Waals surface area contributed by atoms with Crippen molar-refractivity contribution in [2.24, 2.45) is 0 Å². The Hall–Kier alpha value is -1.39. The SMILES string of the molecule is Cc1csc2c(F)cc3[nH]c4c(c3c12)CN(C)CC4. The average molecular weight is 274 g/mol. The summed E-state index contributed by atoms with van der Waals surface area (Å²) in [5, 5.41) is 4.39. The second kappa shape index (κ2) is 3.81. The highest BCUT2D eigenvalue weighted by Crippen LogP contribution is 2.38. The van der Waals surface area contributed by atoms with Crippen molar-refractivity contribution in [3.05, 3.63) is 34.1 Å². The highest BCUT2D eigenvalue weighted by molar-refractivity contribution is 7.17. The van der Waals surface area contributed by atoms with Crippen molar-refractivity contribution in [1.29, 1.82) is 0 Å². The Morgan fingerprint density at radius 1 is 1.37 bits per heavy atom. The van der Waals surface area contributed by atoms with Crippen LogP contribution in [0.3, 0.4) is 0 Å². The lowest BCUT2D eigenvalue weighted by atomic mass is 10.0. The Kier molecular flexibility index (Phi) is 2.29. The Bertz CT molecular complexity index is 800. The molecular weight excluding hydrogens is 259 g/mol. The number of aromatic nitrogens is 1. The molecule has 0 saturated heterocycles. The molecule has 1 aromatic carbocycles. The molecule has 0 spiro atoms. The number of nitrogens with one attached hydrogen (secondary N) is 1. The molecule has 1 aliphatic rings. The number of halogens is 1. The molecule has 0 radical (unpaired) electrons. The Labute approximate surface area is 114 Å². The molecule has 98 valence electrons. The van der Waals surface area contributed by atoms with Gasteiger partial charge in [-0.1, -0.05) is 0 Å². The van der Waals surface area contributed by atoms with Gasteiger partial charge in [0.05, 0.1) is 4.70 Å². The first-order valence-electron chi connectivity index (χ1n) is 6.53. The van der Waals surface area contributed by atoms with Gasteiger partial charge in [-0.3, -0.25) is 0 Å². The van der Waals surface area contributed by atoms with Crippen LogP contribution >= 0.6 is 11.3 Å². The highest BCUT2D eigenvalue weighted by Gasteiger charge is 2.22. The number of aromatic amines is 1. The van der Waals surface area contributed by atoms with Crippen molar-refractivity contribution >= 4 is 32.3 Å². The second-order valence-electron chi connectivity index (χ2n) is 5.47. The molecule has 4 rings (SSSR count). The van der Waals surface area contributed by atoms with Crippen LogP contribution in [0, 0.1) is 12.7 Å². The lowest BCUT2D eigenvalue weighted by molar-refractivity contribution is 0.313. The van der Waals surface area contributed by atoms with E-state index >= 15 is 0 Å². The van der Waals surface area contributed by atoms with E-state index in [9.17, 15) is 4.39 Å². The minimum absolute atomic E-state index is 0.104. The summed E-state index contributed by atoms with van der Waals surface area (Å²) < 4.78 is 14.9. The zero-order valence-corrected chi connectivity index (χ0v) is 11.8. The summed E-state index contributed by atoms with van der Waals surface area (Å²) in [5.74, 6) is -0.104. The zero-order chi connectivity index (χ0) is 13.1. The van der Waals surface area contributed by atoms with Gasteiger partial charge >= 0.3 is 0 Å². The third-order valence-electron chi connectivity index (χ3n) is 4.11. The van der Waals surface area contributed by atoms with Gasteiger partial charge in [-0.15, -0.1) is 11.3 Å². The first-order valence-corrected chi connectivity index (χ1v) is 7.41. The molecular formula is C15H15FN2S. The summed E-state index contributed by atoms with van der Waals surface area (Å²) in [4.78, 5) is 5.75. The summed E-state index contributed by atoms with van der Waals surface area (Å²) in [6.07, 6.45) is 1.02. The van der Waals surface area contributed by atoms with Gasteiger partial charge < -0.3 is 9.88 Å². The summed E-state index contributed by atoms with van der Waals surface area (Å²) in [7, 11) is 2.14. The molecule has 1 N–H and O–H groups in total. The van der Waals surface area contributed by atoms with Crippen LogP contribution in [0.2, 0.25) is 0 Å². The number of likely N-dealkylation sites (N-methyl/N-ethyl adjacent to an activating group) is 1. The van der Waals surface area contributed by atoms with Crippen LogP contribution in [0.5, 0.6) is 0 Å². The van der Waals surface area contributed by atoms with Gasteiger partial charge in [0.15, 0.2) is 0 Å². The lowest BCUT2D eigenvalue weighted by Gasteiger charge is -2.22. The van der Waals surface area contributed by atoms with E-state index in [4.69, 9.17) is 0 Å². The fourth-order valence-electron chi connectivity index (χ4n) is 3.17. The third kappa shape index (κ3) is 1.50. The van der Waals surface area contributed by atoms with Gasteiger partial charge in [-0.05, 0) is 36.5 Å². The largest absolute Gasteiger partial charge is 0.358 e. The highest BCUT2D eigenvalue weighted by atomic mass is 32.1. The fourth-order valence-corrected chi connectivity index (χ4v) is 4.14. The number of thiophene rings is 1. The van der Waals surface area contributed by atoms with E-state index < -0.39 is 0 Å². The zero-order valence-electron chi connectivity index (χ0n) is 11.0. The van der Waals surface area contributed by atoms with Crippen LogP contribution in [0.15, 0.2) is 11.4 Å². The van der Waals surface area contributed by atoms with E-state index in [2.05, 4.69) is 29.2 Å². The van der Waals surface area contributed by atoms with Crippen molar-refractivity contribution in [3.8, 4) is 0 Å². The van der Waals surface area contributed by atoms with Crippen LogP contribution in [0.1, 0.15) is 16.8 Å². The molecule has 3 heterocycles. The first-order chi connectivity index (χ1) is 9.15. The molecule has 0 fully saturated rings. The van der Waals surface area contributed by atoms with Gasteiger partial charge in [0.2, 0.25) is 0 Å². The van der Waals surface area contributed by atoms with E-state index in [-0.39, 0.29) is 5.82 Å². The van der Waals surface area contributed by atoms with E-state index in [1.165, 1.54) is 33.5 Å². The van der Waals surface area contributed by atoms with Crippen LogP contribution in [-0.2, 0) is 13.0 Å². The summed E-state index contributed by atoms with van der Waals surface area (Å²) in [5.41, 5.74) is 4.77. The Morgan fingerprint density at radius 3 is 3.05 bits per heavy atom. The molecule has 0 bridgehead atoms. The number of aryl methyl sites for hydroxylation is 1. The number of rotatable bonds is 0. The van der Waals surface area contributed by atoms with E-state index in [1.54, 1.807) is 6.07 Å². The molecule has 0 unspecified atom stereocenters. The maximum Gasteiger partial charge on any atom is 0.143 e. The van der Waals surface area contributed by atoms with Crippen molar-refractivity contribution < 1.29 is 4.39 Å². The number of hydrogen-bond acceptors (Lipinski definition) is 2. The smallest absolute Gasteiger partial charge is 0.143 e. The predicted octanol–water partition coefficient (Wildman–Crippen LogP) is 3.82. The number of benzene rings is 1. The molecule has 0 aliphatic carbocycles. The average Bonchev–Trinajstić information content (AvgIpc) is 2.90. The summed E-state index contributed by atoms with van der Waals surface area (Å²) in [6.45, 7) is 4.09. The van der Waals surface area contributed by atoms with Gasteiger partial charge in [0.1, 0.15) is 5.82 Å². The molecule has 2 aromatic heterocycles. The van der Waals surface area contributed by atoms with Gasteiger partial charge in [0.25, 0.3) is 0 Å². The first kappa shape index (κ1) is 11.4. The number of fused-ring (bicyclic) bond motifs is 5. The lowest BCUT2D eigenvalue weighted by Crippen LogP contribution is -2.26. The molecule has 0 atom stereocenters. The molecule has 19 heavy (non-hydrogen) atoms. The molecule has 4 heteroatoms. The fraction of sp³-hybridized carbons (Fsp3) is 0.333. The Morgan fingerprint density at radius 2 is 2.21 bits per heavy atom. The Balaban J connectivity index is 2.19.